The van der Waals surface area contributed by atoms with Gasteiger partial charge in [-0.05, 0) is 30.6 Å². The first-order valence-corrected chi connectivity index (χ1v) is 7.14. The lowest BCUT2D eigenvalue weighted by Crippen LogP contribution is -2.08. The van der Waals surface area contributed by atoms with Crippen LogP contribution in [0.4, 0.5) is 17.6 Å². The van der Waals surface area contributed by atoms with Crippen LogP contribution in [0.5, 0.6) is 5.75 Å². The molecule has 2 atom stereocenters. The minimum atomic E-state index is -1.53. The third-order valence-corrected chi connectivity index (χ3v) is 4.69. The first kappa shape index (κ1) is 17.3. The quantitative estimate of drug-likeness (QED) is 0.462. The van der Waals surface area contributed by atoms with E-state index in [1.807, 2.05) is 19.9 Å². The van der Waals surface area contributed by atoms with Crippen molar-refractivity contribution >= 4 is 0 Å². The summed E-state index contributed by atoms with van der Waals surface area (Å²) in [7, 11) is 0.940. The lowest BCUT2D eigenvalue weighted by atomic mass is 10.0. The largest absolute Gasteiger partial charge is 0.491 e. The van der Waals surface area contributed by atoms with Gasteiger partial charge in [0.1, 0.15) is 0 Å². The smallest absolute Gasteiger partial charge is 0.204 e. The Morgan fingerprint density at radius 2 is 1.70 bits per heavy atom. The monoisotopic (exact) mass is 327 g/mol. The molecule has 0 bridgehead atoms. The number of benzene rings is 1. The summed E-state index contributed by atoms with van der Waals surface area (Å²) in [6.07, 6.45) is 1.58. The van der Waals surface area contributed by atoms with Gasteiger partial charge in [0.15, 0.2) is 17.4 Å². The molecule has 0 N–H and O–H groups in total. The molecule has 0 radical (unpaired) electrons. The second kappa shape index (κ2) is 5.88. The minimum absolute atomic E-state index is 0.0748. The van der Waals surface area contributed by atoms with Gasteiger partial charge in [-0.25, -0.2) is 8.78 Å². The molecule has 2 rings (SSSR count). The zero-order valence-corrected chi connectivity index (χ0v) is 13.3. The number of nitrogens with zero attached hydrogens (tertiary/aromatic N) is 1. The van der Waals surface area contributed by atoms with Gasteiger partial charge in [-0.3, -0.25) is 0 Å². The van der Waals surface area contributed by atoms with Crippen LogP contribution in [0.2, 0.25) is 0 Å². The Balaban J connectivity index is 2.38. The van der Waals surface area contributed by atoms with E-state index in [2.05, 4.69) is 4.74 Å². The Bertz CT molecular complexity index is 689. The van der Waals surface area contributed by atoms with Crippen LogP contribution in [0.1, 0.15) is 26.3 Å². The second-order valence-corrected chi connectivity index (χ2v) is 6.39. The molecule has 1 fully saturated rings. The number of hydrogen-bond donors (Lipinski definition) is 0. The molecule has 0 unspecified atom stereocenters. The van der Waals surface area contributed by atoms with Crippen molar-refractivity contribution < 1.29 is 22.3 Å². The lowest BCUT2D eigenvalue weighted by Gasteiger charge is -2.11. The highest BCUT2D eigenvalue weighted by Crippen LogP contribution is 2.61. The van der Waals surface area contributed by atoms with Crippen LogP contribution in [0.3, 0.4) is 0 Å². The van der Waals surface area contributed by atoms with E-state index in [0.717, 1.165) is 7.11 Å². The summed E-state index contributed by atoms with van der Waals surface area (Å²) < 4.78 is 60.0. The maximum absolute atomic E-state index is 14.1. The Morgan fingerprint density at radius 3 is 2.13 bits per heavy atom. The van der Waals surface area contributed by atoms with Gasteiger partial charge in [-0.1, -0.05) is 19.9 Å². The van der Waals surface area contributed by atoms with Gasteiger partial charge >= 0.3 is 0 Å². The molecular formula is C17H17F4NO. The van der Waals surface area contributed by atoms with Gasteiger partial charge in [0.25, 0.3) is 0 Å². The first-order chi connectivity index (χ1) is 10.7. The molecule has 1 saturated carbocycles. The SMILES string of the molecule is COc1c(F)c(F)c(C[C@@H]2[C@@H](C=C(C)C#N)C2(C)C)c(F)c1F. The molecule has 1 aromatic carbocycles. The molecule has 23 heavy (non-hydrogen) atoms. The summed E-state index contributed by atoms with van der Waals surface area (Å²) in [6.45, 7) is 5.41. The summed E-state index contributed by atoms with van der Waals surface area (Å²) >= 11 is 0. The van der Waals surface area contributed by atoms with E-state index < -0.39 is 34.6 Å². The summed E-state index contributed by atoms with van der Waals surface area (Å²) in [5, 5.41) is 8.82. The van der Waals surface area contributed by atoms with E-state index in [9.17, 15) is 17.6 Å². The Labute approximate surface area is 132 Å². The molecular weight excluding hydrogens is 310 g/mol. The van der Waals surface area contributed by atoms with E-state index in [-0.39, 0.29) is 23.7 Å². The van der Waals surface area contributed by atoms with Crippen LogP contribution < -0.4 is 4.74 Å². The van der Waals surface area contributed by atoms with Crippen molar-refractivity contribution in [1.82, 2.24) is 0 Å². The average molecular weight is 327 g/mol. The summed E-state index contributed by atoms with van der Waals surface area (Å²) in [6, 6.07) is 1.99. The van der Waals surface area contributed by atoms with Crippen LogP contribution >= 0.6 is 0 Å². The van der Waals surface area contributed by atoms with E-state index in [1.165, 1.54) is 0 Å². The van der Waals surface area contributed by atoms with Crippen molar-refractivity contribution in [3.63, 3.8) is 0 Å². The topological polar surface area (TPSA) is 33.0 Å². The Hall–Kier alpha value is -2.03. The Morgan fingerprint density at radius 1 is 1.17 bits per heavy atom. The summed E-state index contributed by atoms with van der Waals surface area (Å²) in [5.74, 6) is -7.25. The predicted octanol–water partition coefficient (Wildman–Crippen LogP) is 4.54. The summed E-state index contributed by atoms with van der Waals surface area (Å²) in [4.78, 5) is 0. The molecule has 1 aliphatic carbocycles. The van der Waals surface area contributed by atoms with E-state index in [0.29, 0.717) is 5.57 Å². The fraction of sp³-hybridized carbons (Fsp3) is 0.471. The van der Waals surface area contributed by atoms with Crippen LogP contribution in [-0.2, 0) is 6.42 Å². The van der Waals surface area contributed by atoms with Crippen molar-refractivity contribution in [1.29, 1.82) is 5.26 Å². The highest BCUT2D eigenvalue weighted by atomic mass is 19.2. The van der Waals surface area contributed by atoms with Crippen molar-refractivity contribution in [2.24, 2.45) is 17.3 Å². The lowest BCUT2D eigenvalue weighted by molar-refractivity contribution is 0.327. The van der Waals surface area contributed by atoms with Gasteiger partial charge in [0, 0.05) is 11.1 Å². The van der Waals surface area contributed by atoms with E-state index >= 15 is 0 Å². The number of halogens is 4. The highest BCUT2D eigenvalue weighted by Gasteiger charge is 2.56. The fourth-order valence-electron chi connectivity index (χ4n) is 3.05. The van der Waals surface area contributed by atoms with Gasteiger partial charge in [-0.15, -0.1) is 0 Å². The molecule has 0 saturated heterocycles. The van der Waals surface area contributed by atoms with Crippen molar-refractivity contribution in [3.05, 3.63) is 40.5 Å². The maximum Gasteiger partial charge on any atom is 0.204 e. The molecule has 1 aliphatic rings. The van der Waals surface area contributed by atoms with Crippen LogP contribution in [0.15, 0.2) is 11.6 Å². The van der Waals surface area contributed by atoms with Crippen LogP contribution in [0.25, 0.3) is 0 Å². The molecule has 2 nitrogen and oxygen atoms in total. The van der Waals surface area contributed by atoms with Gasteiger partial charge in [0.2, 0.25) is 11.6 Å². The zero-order chi connectivity index (χ0) is 17.5. The second-order valence-electron chi connectivity index (χ2n) is 6.39. The third kappa shape index (κ3) is 2.80. The highest BCUT2D eigenvalue weighted by molar-refractivity contribution is 5.36. The van der Waals surface area contributed by atoms with Crippen LogP contribution in [0, 0.1) is 51.9 Å². The molecule has 0 spiro atoms. The van der Waals surface area contributed by atoms with E-state index in [4.69, 9.17) is 5.26 Å². The van der Waals surface area contributed by atoms with Gasteiger partial charge in [-0.2, -0.15) is 14.0 Å². The maximum atomic E-state index is 14.1. The predicted molar refractivity (Wildman–Crippen MR) is 76.7 cm³/mol. The molecule has 1 aromatic rings. The first-order valence-electron chi connectivity index (χ1n) is 7.14. The molecule has 6 heteroatoms. The summed E-state index contributed by atoms with van der Waals surface area (Å²) in [5.41, 5.74) is -0.424. The number of rotatable bonds is 4. The number of allylic oxidation sites excluding steroid dienone is 2. The average Bonchev–Trinajstić information content (AvgIpc) is 3.01. The van der Waals surface area contributed by atoms with E-state index in [1.54, 1.807) is 13.0 Å². The molecule has 124 valence electrons. The standard InChI is InChI=1S/C17H17F4NO/c1-8(7-22)5-10-11(17(10,2)3)6-9-12(18)14(20)16(23-4)15(21)13(9)19/h5,10-11H,6H2,1-4H3/t10-,11-/m1/s1. The number of hydrogen-bond acceptors (Lipinski definition) is 2. The van der Waals surface area contributed by atoms with Crippen molar-refractivity contribution in [2.45, 2.75) is 27.2 Å². The number of methoxy groups -OCH3 is 1. The Kier molecular flexibility index (Phi) is 4.43. The molecule has 0 heterocycles. The molecule has 0 amide bonds. The third-order valence-electron chi connectivity index (χ3n) is 4.69. The normalized spacial score (nSPS) is 22.7. The van der Waals surface area contributed by atoms with Crippen molar-refractivity contribution in [3.8, 4) is 11.8 Å². The van der Waals surface area contributed by atoms with Gasteiger partial charge < -0.3 is 4.74 Å². The molecule has 0 aromatic heterocycles. The zero-order valence-electron chi connectivity index (χ0n) is 13.3. The number of nitriles is 1. The number of ether oxygens (including phenoxy) is 1. The fourth-order valence-corrected chi connectivity index (χ4v) is 3.05. The van der Waals surface area contributed by atoms with Crippen molar-refractivity contribution in [2.75, 3.05) is 7.11 Å². The minimum Gasteiger partial charge on any atom is -0.491 e. The van der Waals surface area contributed by atoms with Gasteiger partial charge in [0.05, 0.1) is 13.2 Å². The molecule has 0 aliphatic heterocycles. The van der Waals surface area contributed by atoms with Crippen LogP contribution in [-0.4, -0.2) is 7.11 Å².